The zero-order valence-electron chi connectivity index (χ0n) is 8.23. The third-order valence-corrected chi connectivity index (χ3v) is 2.27. The lowest BCUT2D eigenvalue weighted by Gasteiger charge is -2.12. The molecule has 1 rings (SSSR count). The fourth-order valence-electron chi connectivity index (χ4n) is 1.11. The van der Waals surface area contributed by atoms with E-state index >= 15 is 0 Å². The number of hydrogen-bond acceptors (Lipinski definition) is 4. The lowest BCUT2D eigenvalue weighted by Crippen LogP contribution is -2.28. The first-order chi connectivity index (χ1) is 6.69. The van der Waals surface area contributed by atoms with Gasteiger partial charge >= 0.3 is 0 Å². The number of nitrogens with one attached hydrogen (secondary N) is 2. The van der Waals surface area contributed by atoms with Crippen LogP contribution in [-0.4, -0.2) is 13.8 Å². The highest BCUT2D eigenvalue weighted by atomic mass is 35.5. The van der Waals surface area contributed by atoms with E-state index < -0.39 is 0 Å². The van der Waals surface area contributed by atoms with Gasteiger partial charge in [0.15, 0.2) is 0 Å². The normalized spacial score (nSPS) is 10.0. The number of rotatable bonds is 4. The molecule has 0 atom stereocenters. The number of benzene rings is 1. The molecule has 0 heterocycles. The quantitative estimate of drug-likeness (QED) is 0.405. The van der Waals surface area contributed by atoms with Crippen LogP contribution in [0.5, 0.6) is 5.75 Å². The molecule has 0 bridgehead atoms. The molecule has 1 aromatic rings. The Bertz CT molecular complexity index is 317. The third kappa shape index (κ3) is 2.51. The maximum Gasteiger partial charge on any atom is 0.142 e. The van der Waals surface area contributed by atoms with E-state index in [-0.39, 0.29) is 0 Å². The van der Waals surface area contributed by atoms with Gasteiger partial charge in [0.1, 0.15) is 5.75 Å². The molecule has 5 heteroatoms. The Morgan fingerprint density at radius 1 is 1.50 bits per heavy atom. The number of aryl methyl sites for hydroxylation is 1. The molecule has 0 aromatic heterocycles. The van der Waals surface area contributed by atoms with E-state index in [0.717, 1.165) is 17.0 Å². The summed E-state index contributed by atoms with van der Waals surface area (Å²) in [6.45, 7) is 2.38. The summed E-state index contributed by atoms with van der Waals surface area (Å²) in [6.07, 6.45) is 0. The van der Waals surface area contributed by atoms with E-state index in [1.165, 1.54) is 0 Å². The first-order valence-corrected chi connectivity index (χ1v) is 4.58. The SMILES string of the molecule is COc1cc(C)c(Cl)cc1NCNN. The van der Waals surface area contributed by atoms with Crippen molar-refractivity contribution in [1.82, 2.24) is 5.43 Å². The molecule has 0 aliphatic carbocycles. The molecular formula is C9H14ClN3O. The topological polar surface area (TPSA) is 59.3 Å². The smallest absolute Gasteiger partial charge is 0.142 e. The van der Waals surface area contributed by atoms with Crippen LogP contribution in [0, 0.1) is 6.92 Å². The van der Waals surface area contributed by atoms with Crippen LogP contribution in [0.15, 0.2) is 12.1 Å². The summed E-state index contributed by atoms with van der Waals surface area (Å²) < 4.78 is 5.19. The minimum absolute atomic E-state index is 0.454. The Kier molecular flexibility index (Phi) is 4.00. The number of ether oxygens (including phenoxy) is 1. The van der Waals surface area contributed by atoms with Gasteiger partial charge in [-0.15, -0.1) is 0 Å². The molecule has 0 unspecified atom stereocenters. The summed E-state index contributed by atoms with van der Waals surface area (Å²) in [5.41, 5.74) is 4.29. The van der Waals surface area contributed by atoms with Crippen molar-refractivity contribution in [3.05, 3.63) is 22.7 Å². The van der Waals surface area contributed by atoms with Crippen LogP contribution in [-0.2, 0) is 0 Å². The second-order valence-electron chi connectivity index (χ2n) is 2.86. The predicted molar refractivity (Wildman–Crippen MR) is 58.6 cm³/mol. The van der Waals surface area contributed by atoms with Crippen LogP contribution < -0.4 is 21.3 Å². The molecule has 4 N–H and O–H groups in total. The Morgan fingerprint density at radius 3 is 2.79 bits per heavy atom. The number of halogens is 1. The van der Waals surface area contributed by atoms with Gasteiger partial charge in [0.25, 0.3) is 0 Å². The Morgan fingerprint density at radius 2 is 2.21 bits per heavy atom. The Labute approximate surface area is 88.4 Å². The van der Waals surface area contributed by atoms with Crippen LogP contribution in [0.4, 0.5) is 5.69 Å². The van der Waals surface area contributed by atoms with Crippen LogP contribution >= 0.6 is 11.6 Å². The highest BCUT2D eigenvalue weighted by Crippen LogP contribution is 2.30. The van der Waals surface area contributed by atoms with E-state index in [2.05, 4.69) is 10.7 Å². The van der Waals surface area contributed by atoms with Gasteiger partial charge in [-0.3, -0.25) is 5.84 Å². The number of methoxy groups -OCH3 is 1. The van der Waals surface area contributed by atoms with Gasteiger partial charge in [-0.05, 0) is 24.6 Å². The summed E-state index contributed by atoms with van der Waals surface area (Å²) in [5.74, 6) is 5.90. The van der Waals surface area contributed by atoms with Crippen LogP contribution in [0.3, 0.4) is 0 Å². The first-order valence-electron chi connectivity index (χ1n) is 4.20. The molecule has 0 spiro atoms. The van der Waals surface area contributed by atoms with Crippen molar-refractivity contribution < 1.29 is 4.74 Å². The average molecular weight is 216 g/mol. The molecule has 14 heavy (non-hydrogen) atoms. The van der Waals surface area contributed by atoms with Crippen molar-refractivity contribution in [2.24, 2.45) is 5.84 Å². The van der Waals surface area contributed by atoms with Gasteiger partial charge in [-0.1, -0.05) is 11.6 Å². The lowest BCUT2D eigenvalue weighted by molar-refractivity contribution is 0.416. The van der Waals surface area contributed by atoms with E-state index in [4.69, 9.17) is 22.2 Å². The summed E-state index contributed by atoms with van der Waals surface area (Å²) in [6, 6.07) is 3.69. The second kappa shape index (κ2) is 5.05. The van der Waals surface area contributed by atoms with Gasteiger partial charge in [0.2, 0.25) is 0 Å². The minimum atomic E-state index is 0.454. The fourth-order valence-corrected chi connectivity index (χ4v) is 1.27. The third-order valence-electron chi connectivity index (χ3n) is 1.86. The van der Waals surface area contributed by atoms with Crippen molar-refractivity contribution in [2.45, 2.75) is 6.92 Å². The molecule has 0 amide bonds. The van der Waals surface area contributed by atoms with Gasteiger partial charge in [-0.2, -0.15) is 0 Å². The molecule has 0 saturated heterocycles. The van der Waals surface area contributed by atoms with Gasteiger partial charge in [-0.25, -0.2) is 5.43 Å². The number of hydrazine groups is 1. The monoisotopic (exact) mass is 215 g/mol. The molecule has 0 radical (unpaired) electrons. The maximum atomic E-state index is 5.97. The molecule has 0 aliphatic rings. The highest BCUT2D eigenvalue weighted by molar-refractivity contribution is 6.31. The minimum Gasteiger partial charge on any atom is -0.495 e. The second-order valence-corrected chi connectivity index (χ2v) is 3.27. The largest absolute Gasteiger partial charge is 0.495 e. The van der Waals surface area contributed by atoms with E-state index in [0.29, 0.717) is 11.7 Å². The van der Waals surface area contributed by atoms with Gasteiger partial charge in [0, 0.05) is 5.02 Å². The maximum absolute atomic E-state index is 5.97. The summed E-state index contributed by atoms with van der Waals surface area (Å²) in [4.78, 5) is 0. The number of nitrogens with two attached hydrogens (primary N) is 1. The standard InChI is InChI=1S/C9H14ClN3O/c1-6-3-9(14-2)8(4-7(6)10)12-5-13-11/h3-4,12-13H,5,11H2,1-2H3. The zero-order chi connectivity index (χ0) is 10.6. The highest BCUT2D eigenvalue weighted by Gasteiger charge is 2.05. The van der Waals surface area contributed by atoms with Crippen LogP contribution in [0.2, 0.25) is 5.02 Å². The van der Waals surface area contributed by atoms with Crippen molar-refractivity contribution >= 4 is 17.3 Å². The van der Waals surface area contributed by atoms with Crippen molar-refractivity contribution in [2.75, 3.05) is 19.1 Å². The van der Waals surface area contributed by atoms with Crippen molar-refractivity contribution in [3.63, 3.8) is 0 Å². The molecule has 1 aromatic carbocycles. The van der Waals surface area contributed by atoms with Crippen LogP contribution in [0.1, 0.15) is 5.56 Å². The van der Waals surface area contributed by atoms with Crippen molar-refractivity contribution in [1.29, 1.82) is 0 Å². The van der Waals surface area contributed by atoms with E-state index in [1.807, 2.05) is 19.1 Å². The summed E-state index contributed by atoms with van der Waals surface area (Å²) in [7, 11) is 1.61. The number of hydrogen-bond donors (Lipinski definition) is 3. The summed E-state index contributed by atoms with van der Waals surface area (Å²) >= 11 is 5.97. The molecule has 0 fully saturated rings. The predicted octanol–water partition coefficient (Wildman–Crippen LogP) is 1.49. The van der Waals surface area contributed by atoms with Gasteiger partial charge < -0.3 is 10.1 Å². The fraction of sp³-hybridized carbons (Fsp3) is 0.333. The molecule has 0 saturated carbocycles. The summed E-state index contributed by atoms with van der Waals surface area (Å²) in [5, 5.41) is 3.74. The first kappa shape index (κ1) is 11.1. The van der Waals surface area contributed by atoms with Crippen molar-refractivity contribution in [3.8, 4) is 5.75 Å². The Hall–Kier alpha value is -0.970. The van der Waals surface area contributed by atoms with E-state index in [9.17, 15) is 0 Å². The van der Waals surface area contributed by atoms with E-state index in [1.54, 1.807) is 7.11 Å². The van der Waals surface area contributed by atoms with Crippen LogP contribution in [0.25, 0.3) is 0 Å². The van der Waals surface area contributed by atoms with Gasteiger partial charge in [0.05, 0.1) is 19.5 Å². The molecule has 0 aliphatic heterocycles. The average Bonchev–Trinajstić information content (AvgIpc) is 2.19. The zero-order valence-corrected chi connectivity index (χ0v) is 8.98. The molecular weight excluding hydrogens is 202 g/mol. The molecule has 78 valence electrons. The lowest BCUT2D eigenvalue weighted by atomic mass is 10.2. The Balaban J connectivity index is 2.95. The number of anilines is 1. The molecule has 4 nitrogen and oxygen atoms in total.